The number of amides is 1. The molecule has 1 N–H and O–H groups in total. The monoisotopic (exact) mass is 321 g/mol. The van der Waals surface area contributed by atoms with Gasteiger partial charge in [0.15, 0.2) is 0 Å². The highest BCUT2D eigenvalue weighted by atomic mass is 35.5. The molecule has 4 nitrogen and oxygen atoms in total. The SMILES string of the molecule is CCCCc1nnc(NC(=O)/C=C/c2ccc(Cl)cc2)s1. The molecule has 0 bridgehead atoms. The van der Waals surface area contributed by atoms with Crippen LogP contribution in [0.1, 0.15) is 30.3 Å². The normalized spacial score (nSPS) is 11.0. The van der Waals surface area contributed by atoms with Crippen LogP contribution in [0.2, 0.25) is 5.02 Å². The molecule has 1 amide bonds. The zero-order valence-electron chi connectivity index (χ0n) is 11.7. The first-order valence-electron chi connectivity index (χ1n) is 6.74. The van der Waals surface area contributed by atoms with Crippen LogP contribution < -0.4 is 5.32 Å². The number of hydrogen-bond acceptors (Lipinski definition) is 4. The van der Waals surface area contributed by atoms with E-state index in [0.717, 1.165) is 29.8 Å². The number of nitrogens with zero attached hydrogens (tertiary/aromatic N) is 2. The van der Waals surface area contributed by atoms with E-state index in [0.29, 0.717) is 10.2 Å². The molecular formula is C15H16ClN3OS. The highest BCUT2D eigenvalue weighted by molar-refractivity contribution is 7.15. The second-order valence-corrected chi connectivity index (χ2v) is 5.98. The largest absolute Gasteiger partial charge is 0.297 e. The molecular weight excluding hydrogens is 306 g/mol. The summed E-state index contributed by atoms with van der Waals surface area (Å²) in [5.41, 5.74) is 0.912. The Kier molecular flexibility index (Phi) is 5.90. The minimum atomic E-state index is -0.219. The Balaban J connectivity index is 1.89. The molecule has 0 unspecified atom stereocenters. The van der Waals surface area contributed by atoms with Gasteiger partial charge in [-0.3, -0.25) is 10.1 Å². The van der Waals surface area contributed by atoms with E-state index in [2.05, 4.69) is 22.4 Å². The van der Waals surface area contributed by atoms with Crippen molar-refractivity contribution in [2.75, 3.05) is 5.32 Å². The minimum absolute atomic E-state index is 0.219. The number of nitrogens with one attached hydrogen (secondary N) is 1. The summed E-state index contributed by atoms with van der Waals surface area (Å²) in [4.78, 5) is 11.8. The van der Waals surface area contributed by atoms with E-state index in [-0.39, 0.29) is 5.91 Å². The van der Waals surface area contributed by atoms with Gasteiger partial charge >= 0.3 is 0 Å². The lowest BCUT2D eigenvalue weighted by molar-refractivity contribution is -0.111. The lowest BCUT2D eigenvalue weighted by atomic mass is 10.2. The van der Waals surface area contributed by atoms with Gasteiger partial charge in [-0.1, -0.05) is 48.4 Å². The van der Waals surface area contributed by atoms with Gasteiger partial charge in [0.1, 0.15) is 5.01 Å². The second-order valence-electron chi connectivity index (χ2n) is 4.48. The fourth-order valence-electron chi connectivity index (χ4n) is 1.63. The van der Waals surface area contributed by atoms with Crippen LogP contribution in [0.25, 0.3) is 6.08 Å². The zero-order valence-corrected chi connectivity index (χ0v) is 13.2. The van der Waals surface area contributed by atoms with Crippen molar-refractivity contribution >= 4 is 40.1 Å². The Bertz CT molecular complexity index is 622. The first kappa shape index (κ1) is 15.7. The van der Waals surface area contributed by atoms with E-state index in [1.54, 1.807) is 18.2 Å². The van der Waals surface area contributed by atoms with Crippen molar-refractivity contribution in [1.29, 1.82) is 0 Å². The molecule has 2 aromatic rings. The van der Waals surface area contributed by atoms with Crippen molar-refractivity contribution in [3.8, 4) is 0 Å². The smallest absolute Gasteiger partial charge is 0.250 e. The molecule has 0 fully saturated rings. The van der Waals surface area contributed by atoms with Crippen LogP contribution in [0.3, 0.4) is 0 Å². The summed E-state index contributed by atoms with van der Waals surface area (Å²) >= 11 is 7.22. The number of unbranched alkanes of at least 4 members (excludes halogenated alkanes) is 1. The van der Waals surface area contributed by atoms with Crippen LogP contribution in [-0.4, -0.2) is 16.1 Å². The van der Waals surface area contributed by atoms with Gasteiger partial charge < -0.3 is 0 Å². The lowest BCUT2D eigenvalue weighted by Crippen LogP contribution is -2.07. The van der Waals surface area contributed by atoms with Gasteiger partial charge in [-0.15, -0.1) is 10.2 Å². The van der Waals surface area contributed by atoms with E-state index < -0.39 is 0 Å². The number of hydrogen-bond donors (Lipinski definition) is 1. The molecule has 1 heterocycles. The Hall–Kier alpha value is -1.72. The molecule has 0 atom stereocenters. The summed E-state index contributed by atoms with van der Waals surface area (Å²) < 4.78 is 0. The maximum Gasteiger partial charge on any atom is 0.250 e. The number of halogens is 1. The number of anilines is 1. The van der Waals surface area contributed by atoms with Crippen LogP contribution >= 0.6 is 22.9 Å². The van der Waals surface area contributed by atoms with E-state index >= 15 is 0 Å². The van der Waals surface area contributed by atoms with Crippen LogP contribution in [0, 0.1) is 0 Å². The van der Waals surface area contributed by atoms with Gasteiger partial charge in [0.25, 0.3) is 0 Å². The summed E-state index contributed by atoms with van der Waals surface area (Å²) in [6.45, 7) is 2.13. The molecule has 0 saturated heterocycles. The lowest BCUT2D eigenvalue weighted by Gasteiger charge is -1.95. The molecule has 0 radical (unpaired) electrons. The predicted molar refractivity (Wildman–Crippen MR) is 87.6 cm³/mol. The molecule has 110 valence electrons. The Morgan fingerprint density at radius 2 is 2.10 bits per heavy atom. The molecule has 2 rings (SSSR count). The van der Waals surface area contributed by atoms with Crippen LogP contribution in [-0.2, 0) is 11.2 Å². The molecule has 6 heteroatoms. The van der Waals surface area contributed by atoms with Crippen LogP contribution in [0.15, 0.2) is 30.3 Å². The standard InChI is InChI=1S/C15H16ClN3OS/c1-2-3-4-14-18-19-15(21-14)17-13(20)10-7-11-5-8-12(16)9-6-11/h5-10H,2-4H2,1H3,(H,17,19,20)/b10-7+. The number of carbonyl (C=O) groups excluding carboxylic acids is 1. The van der Waals surface area contributed by atoms with E-state index in [1.807, 2.05) is 12.1 Å². The molecule has 0 spiro atoms. The van der Waals surface area contributed by atoms with Crippen LogP contribution in [0.4, 0.5) is 5.13 Å². The van der Waals surface area contributed by atoms with E-state index in [1.165, 1.54) is 17.4 Å². The van der Waals surface area contributed by atoms with E-state index in [4.69, 9.17) is 11.6 Å². The Labute approximate surface area is 132 Å². The third-order valence-corrected chi connectivity index (χ3v) is 3.89. The number of rotatable bonds is 6. The average Bonchev–Trinajstić information content (AvgIpc) is 2.92. The van der Waals surface area contributed by atoms with Gasteiger partial charge in [-0.2, -0.15) is 0 Å². The number of aromatic nitrogens is 2. The van der Waals surface area contributed by atoms with Gasteiger partial charge in [0.2, 0.25) is 11.0 Å². The topological polar surface area (TPSA) is 54.9 Å². The maximum absolute atomic E-state index is 11.8. The molecule has 0 saturated carbocycles. The van der Waals surface area contributed by atoms with Gasteiger partial charge in [0.05, 0.1) is 0 Å². The van der Waals surface area contributed by atoms with E-state index in [9.17, 15) is 4.79 Å². The van der Waals surface area contributed by atoms with Gasteiger partial charge in [0, 0.05) is 17.5 Å². The maximum atomic E-state index is 11.8. The van der Waals surface area contributed by atoms with Crippen molar-refractivity contribution in [1.82, 2.24) is 10.2 Å². The zero-order chi connectivity index (χ0) is 15.1. The molecule has 0 aliphatic heterocycles. The molecule has 0 aliphatic rings. The first-order chi connectivity index (χ1) is 10.2. The summed E-state index contributed by atoms with van der Waals surface area (Å²) in [6.07, 6.45) is 6.30. The fraction of sp³-hybridized carbons (Fsp3) is 0.267. The third-order valence-electron chi connectivity index (χ3n) is 2.74. The average molecular weight is 322 g/mol. The summed E-state index contributed by atoms with van der Waals surface area (Å²) in [5.74, 6) is -0.219. The predicted octanol–water partition coefficient (Wildman–Crippen LogP) is 4.19. The Morgan fingerprint density at radius 3 is 2.81 bits per heavy atom. The van der Waals surface area contributed by atoms with Gasteiger partial charge in [-0.05, 0) is 30.2 Å². The van der Waals surface area contributed by atoms with Gasteiger partial charge in [-0.25, -0.2) is 0 Å². The van der Waals surface area contributed by atoms with Crippen molar-refractivity contribution < 1.29 is 4.79 Å². The highest BCUT2D eigenvalue weighted by Crippen LogP contribution is 2.17. The Morgan fingerprint density at radius 1 is 1.33 bits per heavy atom. The molecule has 0 aliphatic carbocycles. The van der Waals surface area contributed by atoms with Crippen molar-refractivity contribution in [2.24, 2.45) is 0 Å². The highest BCUT2D eigenvalue weighted by Gasteiger charge is 2.05. The second kappa shape index (κ2) is 7.90. The molecule has 21 heavy (non-hydrogen) atoms. The number of aryl methyl sites for hydroxylation is 1. The fourth-order valence-corrected chi connectivity index (χ4v) is 2.54. The quantitative estimate of drug-likeness (QED) is 0.812. The van der Waals surface area contributed by atoms with Crippen molar-refractivity contribution in [2.45, 2.75) is 26.2 Å². The summed E-state index contributed by atoms with van der Waals surface area (Å²) in [7, 11) is 0. The summed E-state index contributed by atoms with van der Waals surface area (Å²) in [5, 5.41) is 12.9. The number of carbonyl (C=O) groups is 1. The van der Waals surface area contributed by atoms with Crippen molar-refractivity contribution in [3.05, 3.63) is 45.9 Å². The first-order valence-corrected chi connectivity index (χ1v) is 7.94. The summed E-state index contributed by atoms with van der Waals surface area (Å²) in [6, 6.07) is 7.26. The van der Waals surface area contributed by atoms with Crippen LogP contribution in [0.5, 0.6) is 0 Å². The van der Waals surface area contributed by atoms with Crippen molar-refractivity contribution in [3.63, 3.8) is 0 Å². The number of benzene rings is 1. The molecule has 1 aromatic heterocycles. The molecule has 1 aromatic carbocycles. The third kappa shape index (κ3) is 5.28. The minimum Gasteiger partial charge on any atom is -0.297 e.